The maximum atomic E-state index is 11.7. The lowest BCUT2D eigenvalue weighted by Crippen LogP contribution is -2.41. The van der Waals surface area contributed by atoms with Gasteiger partial charge in [0.05, 0.1) is 0 Å². The minimum Gasteiger partial charge on any atom is -0.338 e. The van der Waals surface area contributed by atoms with E-state index in [9.17, 15) is 4.79 Å². The Labute approximate surface area is 105 Å². The van der Waals surface area contributed by atoms with E-state index >= 15 is 0 Å². The fourth-order valence-electron chi connectivity index (χ4n) is 1.98. The van der Waals surface area contributed by atoms with Gasteiger partial charge < -0.3 is 4.90 Å². The van der Waals surface area contributed by atoms with Crippen molar-refractivity contribution in [1.82, 2.24) is 4.90 Å². The molecule has 1 fully saturated rings. The quantitative estimate of drug-likeness (QED) is 0.546. The molecule has 0 spiro atoms. The van der Waals surface area contributed by atoms with E-state index < -0.39 is 0 Å². The molecule has 0 radical (unpaired) electrons. The Morgan fingerprint density at radius 2 is 2.06 bits per heavy atom. The van der Waals surface area contributed by atoms with Crippen LogP contribution in [0, 0.1) is 23.2 Å². The molecule has 3 heteroatoms. The van der Waals surface area contributed by atoms with Gasteiger partial charge in [0.25, 0.3) is 5.91 Å². The molecule has 1 heterocycles. The van der Waals surface area contributed by atoms with Crippen LogP contribution in [-0.4, -0.2) is 23.9 Å². The zero-order chi connectivity index (χ0) is 13.4. The molecule has 0 aromatic carbocycles. The highest BCUT2D eigenvalue weighted by Gasteiger charge is 2.26. The number of nitriles is 1. The topological polar surface area (TPSA) is 44.1 Å². The number of rotatable bonds is 2. The minimum absolute atomic E-state index is 0.0550. The van der Waals surface area contributed by atoms with Gasteiger partial charge in [-0.05, 0) is 24.7 Å². The number of carbonyl (C=O) groups is 1. The van der Waals surface area contributed by atoms with Gasteiger partial charge in [-0.1, -0.05) is 34.3 Å². The van der Waals surface area contributed by atoms with Crippen molar-refractivity contribution in [2.24, 2.45) is 11.8 Å². The standard InChI is InChI=1S/C12H18N2O.C2H6/c1-9(2)11-5-4-6-14(8-11)12(15)10(3)7-13;1-2/h9,11H,3-6,8H2,1-2H3;1-2H3. The molecule has 0 aromatic heterocycles. The molecule has 1 aliphatic heterocycles. The lowest BCUT2D eigenvalue weighted by molar-refractivity contribution is -0.128. The first kappa shape index (κ1) is 15.7. The molecular formula is C14H24N2O. The van der Waals surface area contributed by atoms with Crippen molar-refractivity contribution < 1.29 is 4.79 Å². The number of hydrogen-bond acceptors (Lipinski definition) is 2. The molecular weight excluding hydrogens is 212 g/mol. The van der Waals surface area contributed by atoms with Gasteiger partial charge in [0, 0.05) is 13.1 Å². The first-order chi connectivity index (χ1) is 8.06. The summed E-state index contributed by atoms with van der Waals surface area (Å²) in [6, 6.07) is 1.82. The molecule has 17 heavy (non-hydrogen) atoms. The molecule has 1 rings (SSSR count). The van der Waals surface area contributed by atoms with Gasteiger partial charge >= 0.3 is 0 Å². The lowest BCUT2D eigenvalue weighted by Gasteiger charge is -2.34. The van der Waals surface area contributed by atoms with Gasteiger partial charge in [-0.15, -0.1) is 0 Å². The maximum Gasteiger partial charge on any atom is 0.263 e. The monoisotopic (exact) mass is 236 g/mol. The predicted molar refractivity (Wildman–Crippen MR) is 70.2 cm³/mol. The van der Waals surface area contributed by atoms with Crippen LogP contribution in [0.5, 0.6) is 0 Å². The van der Waals surface area contributed by atoms with Gasteiger partial charge in [0.2, 0.25) is 0 Å². The number of hydrogen-bond donors (Lipinski definition) is 0. The molecule has 1 saturated heterocycles. The van der Waals surface area contributed by atoms with Crippen LogP contribution in [0.15, 0.2) is 12.2 Å². The Kier molecular flexibility index (Phi) is 7.29. The summed E-state index contributed by atoms with van der Waals surface area (Å²) in [7, 11) is 0. The third-order valence-corrected chi connectivity index (χ3v) is 3.08. The number of carbonyl (C=O) groups excluding carboxylic acids is 1. The van der Waals surface area contributed by atoms with Gasteiger partial charge in [-0.25, -0.2) is 0 Å². The van der Waals surface area contributed by atoms with Crippen LogP contribution >= 0.6 is 0 Å². The molecule has 1 unspecified atom stereocenters. The van der Waals surface area contributed by atoms with Crippen LogP contribution in [0.4, 0.5) is 0 Å². The Morgan fingerprint density at radius 1 is 1.47 bits per heavy atom. The molecule has 96 valence electrons. The summed E-state index contributed by atoms with van der Waals surface area (Å²) in [5.74, 6) is 0.966. The summed E-state index contributed by atoms with van der Waals surface area (Å²) in [5, 5.41) is 8.61. The maximum absolute atomic E-state index is 11.7. The molecule has 0 aromatic rings. The van der Waals surface area contributed by atoms with E-state index in [0.29, 0.717) is 11.8 Å². The normalized spacial score (nSPS) is 19.1. The van der Waals surface area contributed by atoms with Crippen LogP contribution < -0.4 is 0 Å². The van der Waals surface area contributed by atoms with E-state index in [1.54, 1.807) is 4.90 Å². The Hall–Kier alpha value is -1.30. The molecule has 1 aliphatic rings. The lowest BCUT2D eigenvalue weighted by atomic mass is 9.88. The third kappa shape index (κ3) is 4.60. The summed E-state index contributed by atoms with van der Waals surface area (Å²) >= 11 is 0. The summed E-state index contributed by atoms with van der Waals surface area (Å²) in [5.41, 5.74) is 0.0550. The van der Waals surface area contributed by atoms with Crippen LogP contribution in [0.1, 0.15) is 40.5 Å². The Morgan fingerprint density at radius 3 is 2.53 bits per heavy atom. The fraction of sp³-hybridized carbons (Fsp3) is 0.714. The molecule has 0 saturated carbocycles. The molecule has 0 N–H and O–H groups in total. The molecule has 3 nitrogen and oxygen atoms in total. The van der Waals surface area contributed by atoms with Gasteiger partial charge in [0.1, 0.15) is 11.6 Å². The number of amides is 1. The van der Waals surface area contributed by atoms with E-state index in [-0.39, 0.29) is 11.5 Å². The van der Waals surface area contributed by atoms with Gasteiger partial charge in [-0.3, -0.25) is 4.79 Å². The zero-order valence-corrected chi connectivity index (χ0v) is 11.5. The fourth-order valence-corrected chi connectivity index (χ4v) is 1.98. The van der Waals surface area contributed by atoms with Crippen molar-refractivity contribution in [2.75, 3.05) is 13.1 Å². The predicted octanol–water partition coefficient (Wildman–Crippen LogP) is 2.99. The van der Waals surface area contributed by atoms with E-state index in [1.165, 1.54) is 6.42 Å². The number of likely N-dealkylation sites (tertiary alicyclic amines) is 1. The number of nitrogens with zero attached hydrogens (tertiary/aromatic N) is 2. The van der Waals surface area contributed by atoms with Crippen LogP contribution in [-0.2, 0) is 4.79 Å². The Bertz CT molecular complexity index is 302. The average Bonchev–Trinajstić information content (AvgIpc) is 2.39. The Balaban J connectivity index is 0.00000121. The average molecular weight is 236 g/mol. The summed E-state index contributed by atoms with van der Waals surface area (Å²) in [6.07, 6.45) is 2.22. The van der Waals surface area contributed by atoms with Crippen molar-refractivity contribution >= 4 is 5.91 Å². The third-order valence-electron chi connectivity index (χ3n) is 3.08. The molecule has 0 bridgehead atoms. The highest BCUT2D eigenvalue weighted by Crippen LogP contribution is 2.24. The van der Waals surface area contributed by atoms with Crippen LogP contribution in [0.25, 0.3) is 0 Å². The molecule has 1 amide bonds. The smallest absolute Gasteiger partial charge is 0.263 e. The number of piperidine rings is 1. The van der Waals surface area contributed by atoms with E-state index in [0.717, 1.165) is 19.5 Å². The van der Waals surface area contributed by atoms with Crippen LogP contribution in [0.2, 0.25) is 0 Å². The second-order valence-electron chi connectivity index (χ2n) is 4.49. The van der Waals surface area contributed by atoms with Crippen molar-refractivity contribution in [1.29, 1.82) is 5.26 Å². The van der Waals surface area contributed by atoms with E-state index in [4.69, 9.17) is 5.26 Å². The first-order valence-electron chi connectivity index (χ1n) is 6.44. The van der Waals surface area contributed by atoms with E-state index in [1.807, 2.05) is 19.9 Å². The van der Waals surface area contributed by atoms with Crippen molar-refractivity contribution in [2.45, 2.75) is 40.5 Å². The summed E-state index contributed by atoms with van der Waals surface area (Å²) in [6.45, 7) is 13.4. The molecule has 0 aliphatic carbocycles. The second kappa shape index (κ2) is 7.89. The van der Waals surface area contributed by atoms with Gasteiger partial charge in [0.15, 0.2) is 0 Å². The van der Waals surface area contributed by atoms with E-state index in [2.05, 4.69) is 20.4 Å². The highest BCUT2D eigenvalue weighted by atomic mass is 16.2. The summed E-state index contributed by atoms with van der Waals surface area (Å²) in [4.78, 5) is 13.5. The molecule has 1 atom stereocenters. The zero-order valence-electron chi connectivity index (χ0n) is 11.5. The second-order valence-corrected chi connectivity index (χ2v) is 4.49. The van der Waals surface area contributed by atoms with Gasteiger partial charge in [-0.2, -0.15) is 5.26 Å². The first-order valence-corrected chi connectivity index (χ1v) is 6.44. The van der Waals surface area contributed by atoms with Crippen molar-refractivity contribution in [3.8, 4) is 6.07 Å². The minimum atomic E-state index is -0.192. The SMILES string of the molecule is C=C(C#N)C(=O)N1CCCC(C(C)C)C1.CC. The van der Waals surface area contributed by atoms with Crippen LogP contribution in [0.3, 0.4) is 0 Å². The van der Waals surface area contributed by atoms with Crippen molar-refractivity contribution in [3.05, 3.63) is 12.2 Å². The summed E-state index contributed by atoms with van der Waals surface area (Å²) < 4.78 is 0. The largest absolute Gasteiger partial charge is 0.338 e. The van der Waals surface area contributed by atoms with Crippen molar-refractivity contribution in [3.63, 3.8) is 0 Å². The highest BCUT2D eigenvalue weighted by molar-refractivity contribution is 5.96.